The first-order chi connectivity index (χ1) is 13.6. The van der Waals surface area contributed by atoms with Gasteiger partial charge in [0.1, 0.15) is 0 Å². The van der Waals surface area contributed by atoms with Gasteiger partial charge in [0.2, 0.25) is 0 Å². The van der Waals surface area contributed by atoms with Crippen molar-refractivity contribution in [2.75, 3.05) is 0 Å². The van der Waals surface area contributed by atoms with Crippen LogP contribution in [0.2, 0.25) is 18.1 Å². The van der Waals surface area contributed by atoms with Crippen LogP contribution < -0.4 is 0 Å². The highest BCUT2D eigenvalue weighted by molar-refractivity contribution is 6.58. The van der Waals surface area contributed by atoms with Crippen molar-refractivity contribution < 1.29 is 13.2 Å². The number of aryl methyl sites for hydroxylation is 1. The van der Waals surface area contributed by atoms with Crippen molar-refractivity contribution in [1.82, 2.24) is 0 Å². The molecule has 0 unspecified atom stereocenters. The molecular formula is C24H37F3Si. The van der Waals surface area contributed by atoms with E-state index < -0.39 is 26.2 Å². The Labute approximate surface area is 170 Å². The normalized spacial score (nSPS) is 28.4. The summed E-state index contributed by atoms with van der Waals surface area (Å²) in [5.74, 6) is -0.932. The molecule has 0 aromatic heterocycles. The molecule has 158 valence electrons. The molecular weight excluding hydrogens is 373 g/mol. The molecule has 0 spiro atoms. The monoisotopic (exact) mass is 410 g/mol. The number of halogens is 3. The van der Waals surface area contributed by atoms with Crippen molar-refractivity contribution in [2.24, 2.45) is 17.8 Å². The predicted molar refractivity (Wildman–Crippen MR) is 114 cm³/mol. The molecule has 0 bridgehead atoms. The molecule has 0 amide bonds. The molecule has 0 nitrogen and oxygen atoms in total. The molecule has 2 aliphatic rings. The van der Waals surface area contributed by atoms with E-state index in [1.165, 1.54) is 57.8 Å². The summed E-state index contributed by atoms with van der Waals surface area (Å²) in [6, 6.07) is 7.06. The maximum Gasteiger partial charge on any atom is 0.194 e. The average Bonchev–Trinajstić information content (AvgIpc) is 2.71. The van der Waals surface area contributed by atoms with Gasteiger partial charge in [-0.25, -0.2) is 13.2 Å². The highest BCUT2D eigenvalue weighted by Gasteiger charge is 2.31. The van der Waals surface area contributed by atoms with Gasteiger partial charge in [-0.15, -0.1) is 0 Å². The molecule has 3 rings (SSSR count). The minimum absolute atomic E-state index is 0.409. The lowest BCUT2D eigenvalue weighted by atomic mass is 9.73. The number of hydrogen-bond acceptors (Lipinski definition) is 0. The minimum atomic E-state index is -1.35. The van der Waals surface area contributed by atoms with Crippen molar-refractivity contribution in [1.29, 1.82) is 0 Å². The topological polar surface area (TPSA) is 0 Å². The molecule has 1 aromatic carbocycles. The first-order valence-electron chi connectivity index (χ1n) is 11.7. The molecule has 4 heteroatoms. The van der Waals surface area contributed by atoms with E-state index in [0.717, 1.165) is 30.4 Å². The standard InChI is InChI=1S/C24H37F3Si/c1-2-3-4-13-28-14-11-21(12-15-28)20-9-7-18(8-10-20)5-6-19-16-22(25)24(27)23(26)17-19/h16-18,20-21,28H,2-15H2,1H3/t18-,20-,21?,28?. The fourth-order valence-corrected chi connectivity index (χ4v) is 9.23. The summed E-state index contributed by atoms with van der Waals surface area (Å²) in [5, 5.41) is 0. The fourth-order valence-electron chi connectivity index (χ4n) is 5.70. The SMILES string of the molecule is CCCCC[SiH]1CCC([C@H]2CC[C@H](CCc3cc(F)c(F)c(F)c3)CC2)CC1. The van der Waals surface area contributed by atoms with E-state index in [9.17, 15) is 13.2 Å². The summed E-state index contributed by atoms with van der Waals surface area (Å²) in [4.78, 5) is 0. The predicted octanol–water partition coefficient (Wildman–Crippen LogP) is 7.67. The van der Waals surface area contributed by atoms with Crippen LogP contribution in [0, 0.1) is 35.2 Å². The number of rotatable bonds is 8. The van der Waals surface area contributed by atoms with Gasteiger partial charge in [-0.3, -0.25) is 0 Å². The smallest absolute Gasteiger partial charge is 0.194 e. The van der Waals surface area contributed by atoms with Crippen LogP contribution in [0.25, 0.3) is 0 Å². The molecule has 1 heterocycles. The first kappa shape index (κ1) is 21.9. The third kappa shape index (κ3) is 6.11. The van der Waals surface area contributed by atoms with Gasteiger partial charge in [0.05, 0.1) is 0 Å². The van der Waals surface area contributed by atoms with Gasteiger partial charge < -0.3 is 0 Å². The van der Waals surface area contributed by atoms with Crippen molar-refractivity contribution >= 4 is 8.80 Å². The molecule has 28 heavy (non-hydrogen) atoms. The lowest BCUT2D eigenvalue weighted by Gasteiger charge is -2.37. The van der Waals surface area contributed by atoms with E-state index >= 15 is 0 Å². The van der Waals surface area contributed by atoms with Crippen LogP contribution in [0.15, 0.2) is 12.1 Å². The fraction of sp³-hybridized carbons (Fsp3) is 0.750. The highest BCUT2D eigenvalue weighted by atomic mass is 28.3. The van der Waals surface area contributed by atoms with E-state index in [1.807, 2.05) is 0 Å². The first-order valence-corrected chi connectivity index (χ1v) is 14.1. The van der Waals surface area contributed by atoms with Crippen LogP contribution in [0.3, 0.4) is 0 Å². The quantitative estimate of drug-likeness (QED) is 0.234. The molecule has 1 aliphatic carbocycles. The maximum atomic E-state index is 13.4. The zero-order valence-electron chi connectivity index (χ0n) is 17.5. The van der Waals surface area contributed by atoms with Crippen molar-refractivity contribution in [3.63, 3.8) is 0 Å². The third-order valence-corrected chi connectivity index (χ3v) is 11.1. The number of benzene rings is 1. The average molecular weight is 411 g/mol. The van der Waals surface area contributed by atoms with Gasteiger partial charge in [0, 0.05) is 8.80 Å². The number of hydrogen-bond donors (Lipinski definition) is 0. The van der Waals surface area contributed by atoms with Gasteiger partial charge in [-0.2, -0.15) is 0 Å². The van der Waals surface area contributed by atoms with Crippen LogP contribution in [-0.2, 0) is 6.42 Å². The highest BCUT2D eigenvalue weighted by Crippen LogP contribution is 2.42. The molecule has 1 aliphatic heterocycles. The number of unbranched alkanes of at least 4 members (excludes halogenated alkanes) is 2. The van der Waals surface area contributed by atoms with Gasteiger partial charge in [-0.1, -0.05) is 70.0 Å². The van der Waals surface area contributed by atoms with Crippen LogP contribution in [0.1, 0.15) is 76.7 Å². The van der Waals surface area contributed by atoms with Crippen LogP contribution >= 0.6 is 0 Å². The summed E-state index contributed by atoms with van der Waals surface area (Å²) >= 11 is 0. The van der Waals surface area contributed by atoms with Gasteiger partial charge in [0.15, 0.2) is 17.5 Å². The Bertz CT molecular complexity index is 579. The molecule has 1 saturated heterocycles. The summed E-state index contributed by atoms with van der Waals surface area (Å²) in [6.45, 7) is 2.30. The van der Waals surface area contributed by atoms with E-state index in [1.54, 1.807) is 18.1 Å². The molecule has 0 N–H and O–H groups in total. The van der Waals surface area contributed by atoms with Gasteiger partial charge in [0.25, 0.3) is 0 Å². The Morgan fingerprint density at radius 3 is 2.07 bits per heavy atom. The van der Waals surface area contributed by atoms with Crippen LogP contribution in [-0.4, -0.2) is 8.80 Å². The van der Waals surface area contributed by atoms with E-state index in [2.05, 4.69) is 6.92 Å². The van der Waals surface area contributed by atoms with E-state index in [0.29, 0.717) is 17.9 Å². The lowest BCUT2D eigenvalue weighted by Crippen LogP contribution is -2.28. The Kier molecular flexibility index (Phi) is 8.49. The molecule has 1 aromatic rings. The summed E-state index contributed by atoms with van der Waals surface area (Å²) in [5.41, 5.74) is 0.588. The van der Waals surface area contributed by atoms with Crippen molar-refractivity contribution in [2.45, 2.75) is 95.7 Å². The molecule has 2 fully saturated rings. The van der Waals surface area contributed by atoms with Crippen molar-refractivity contribution in [3.05, 3.63) is 35.1 Å². The second-order valence-corrected chi connectivity index (χ2v) is 12.9. The zero-order valence-corrected chi connectivity index (χ0v) is 18.7. The van der Waals surface area contributed by atoms with Crippen LogP contribution in [0.4, 0.5) is 13.2 Å². The van der Waals surface area contributed by atoms with Crippen LogP contribution in [0.5, 0.6) is 0 Å². The van der Waals surface area contributed by atoms with Gasteiger partial charge in [-0.05, 0) is 61.1 Å². The second-order valence-electron chi connectivity index (χ2n) is 9.47. The second kappa shape index (κ2) is 10.8. The van der Waals surface area contributed by atoms with Crippen molar-refractivity contribution in [3.8, 4) is 0 Å². The Hall–Kier alpha value is -0.773. The largest absolute Gasteiger partial charge is 0.204 e. The minimum Gasteiger partial charge on any atom is -0.204 e. The summed E-state index contributed by atoms with van der Waals surface area (Å²) in [7, 11) is -0.409. The zero-order chi connectivity index (χ0) is 19.9. The Balaban J connectivity index is 1.36. The lowest BCUT2D eigenvalue weighted by molar-refractivity contribution is 0.186. The maximum absolute atomic E-state index is 13.4. The Morgan fingerprint density at radius 2 is 1.46 bits per heavy atom. The molecule has 0 atom stereocenters. The van der Waals surface area contributed by atoms with E-state index in [4.69, 9.17) is 0 Å². The summed E-state index contributed by atoms with van der Waals surface area (Å²) < 4.78 is 39.8. The van der Waals surface area contributed by atoms with Gasteiger partial charge >= 0.3 is 0 Å². The third-order valence-electron chi connectivity index (χ3n) is 7.55. The molecule has 0 radical (unpaired) electrons. The molecule has 1 saturated carbocycles. The van der Waals surface area contributed by atoms with E-state index in [-0.39, 0.29) is 0 Å². The summed E-state index contributed by atoms with van der Waals surface area (Å²) in [6.07, 6.45) is 14.0. The Morgan fingerprint density at radius 1 is 0.857 bits per heavy atom.